The molecule has 0 amide bonds. The second kappa shape index (κ2) is 17.1. The zero-order chi connectivity index (χ0) is 48.7. The van der Waals surface area contributed by atoms with Gasteiger partial charge in [0.05, 0.1) is 11.0 Å². The molecular formula is C70H45N3S. The Kier molecular flexibility index (Phi) is 9.75. The van der Waals surface area contributed by atoms with Crippen LogP contribution in [0.25, 0.3) is 102 Å². The van der Waals surface area contributed by atoms with Gasteiger partial charge < -0.3 is 14.4 Å². The van der Waals surface area contributed by atoms with Gasteiger partial charge in [0, 0.05) is 70.8 Å². The van der Waals surface area contributed by atoms with Gasteiger partial charge in [-0.1, -0.05) is 170 Å². The first kappa shape index (κ1) is 42.2. The second-order valence-corrected chi connectivity index (χ2v) is 20.4. The van der Waals surface area contributed by atoms with Crippen molar-refractivity contribution in [2.24, 2.45) is 0 Å². The maximum absolute atomic E-state index is 2.45. The number of hydrogen-bond acceptors (Lipinski definition) is 3. The molecule has 0 saturated heterocycles. The molecule has 0 aliphatic rings. The summed E-state index contributed by atoms with van der Waals surface area (Å²) in [4.78, 5) is 4.90. The third-order valence-electron chi connectivity index (χ3n) is 15.0. The van der Waals surface area contributed by atoms with Crippen molar-refractivity contribution in [2.75, 3.05) is 9.80 Å². The molecule has 13 aromatic carbocycles. The van der Waals surface area contributed by atoms with Crippen LogP contribution in [0.5, 0.6) is 0 Å². The predicted molar refractivity (Wildman–Crippen MR) is 318 cm³/mol. The molecule has 0 bridgehead atoms. The van der Waals surface area contributed by atoms with E-state index in [4.69, 9.17) is 0 Å². The number of fused-ring (bicyclic) bond motifs is 11. The maximum atomic E-state index is 2.45. The van der Waals surface area contributed by atoms with Crippen molar-refractivity contribution in [1.29, 1.82) is 0 Å². The van der Waals surface area contributed by atoms with Crippen LogP contribution in [0.2, 0.25) is 0 Å². The topological polar surface area (TPSA) is 11.4 Å². The van der Waals surface area contributed by atoms with Crippen molar-refractivity contribution < 1.29 is 0 Å². The summed E-state index contributed by atoms with van der Waals surface area (Å²) in [5.41, 5.74) is 12.2. The summed E-state index contributed by atoms with van der Waals surface area (Å²) in [5.74, 6) is 0. The maximum Gasteiger partial charge on any atom is 0.0555 e. The number of thiophene rings is 1. The van der Waals surface area contributed by atoms with Crippen LogP contribution in [-0.2, 0) is 0 Å². The van der Waals surface area contributed by atoms with E-state index in [9.17, 15) is 0 Å². The zero-order valence-electron chi connectivity index (χ0n) is 40.2. The van der Waals surface area contributed by atoms with E-state index in [2.05, 4.69) is 287 Å². The molecule has 0 aliphatic heterocycles. The lowest BCUT2D eigenvalue weighted by Gasteiger charge is -2.31. The Balaban J connectivity index is 1.03. The van der Waals surface area contributed by atoms with Crippen LogP contribution < -0.4 is 9.80 Å². The molecule has 3 nitrogen and oxygen atoms in total. The number of benzene rings is 13. The van der Waals surface area contributed by atoms with Gasteiger partial charge in [-0.05, 0) is 157 Å². The Labute approximate surface area is 432 Å². The highest BCUT2D eigenvalue weighted by atomic mass is 32.1. The highest BCUT2D eigenvalue weighted by molar-refractivity contribution is 7.26. The monoisotopic (exact) mass is 959 g/mol. The molecule has 0 unspecified atom stereocenters. The zero-order valence-corrected chi connectivity index (χ0v) is 41.0. The summed E-state index contributed by atoms with van der Waals surface area (Å²) in [6.45, 7) is 0. The van der Waals surface area contributed by atoms with E-state index in [1.54, 1.807) is 0 Å². The summed E-state index contributed by atoms with van der Waals surface area (Å²) in [6, 6.07) is 101. The van der Waals surface area contributed by atoms with Gasteiger partial charge in [0.15, 0.2) is 0 Å². The molecule has 0 N–H and O–H groups in total. The number of rotatable bonds is 8. The normalized spacial score (nSPS) is 11.8. The fraction of sp³-hybridized carbons (Fsp3) is 0. The highest BCUT2D eigenvalue weighted by Gasteiger charge is 2.23. The third-order valence-corrected chi connectivity index (χ3v) is 16.2. The fourth-order valence-corrected chi connectivity index (χ4v) is 12.8. The molecule has 0 fully saturated rings. The molecule has 15 aromatic rings. The standard InChI is InChI=1S/C70H45N3S/c1-2-22-56(23-3-1)73-66-36-30-54(44-65(66)69-67(73)37-35-64-63-24-12-13-25-68(63)74-70(64)69)55-42-61(71(57-31-26-46-14-4-8-18-50(46)38-57)58-32-27-47-15-5-9-19-51(47)39-58)45-62(43-55)72(59-33-28-48-16-6-10-20-52(48)40-59)60-34-29-49-17-7-11-21-53(49)41-60/h1-45H. The lowest BCUT2D eigenvalue weighted by molar-refractivity contribution is 1.18. The van der Waals surface area contributed by atoms with Crippen LogP contribution in [-0.4, -0.2) is 4.57 Å². The van der Waals surface area contributed by atoms with E-state index < -0.39 is 0 Å². The lowest BCUT2D eigenvalue weighted by Crippen LogP contribution is -2.14. The van der Waals surface area contributed by atoms with Crippen molar-refractivity contribution in [3.8, 4) is 16.8 Å². The lowest BCUT2D eigenvalue weighted by atomic mass is 9.99. The highest BCUT2D eigenvalue weighted by Crippen LogP contribution is 2.48. The summed E-state index contributed by atoms with van der Waals surface area (Å²) in [7, 11) is 0. The van der Waals surface area contributed by atoms with Gasteiger partial charge >= 0.3 is 0 Å². The van der Waals surface area contributed by atoms with E-state index in [1.807, 2.05) is 11.3 Å². The number of hydrogen-bond donors (Lipinski definition) is 0. The van der Waals surface area contributed by atoms with Crippen LogP contribution in [0.15, 0.2) is 273 Å². The van der Waals surface area contributed by atoms with Crippen LogP contribution in [0.4, 0.5) is 34.1 Å². The van der Waals surface area contributed by atoms with Crippen molar-refractivity contribution in [2.45, 2.75) is 0 Å². The molecule has 15 rings (SSSR count). The van der Waals surface area contributed by atoms with E-state index in [-0.39, 0.29) is 0 Å². The molecule has 74 heavy (non-hydrogen) atoms. The van der Waals surface area contributed by atoms with Gasteiger partial charge in [-0.15, -0.1) is 11.3 Å². The van der Waals surface area contributed by atoms with E-state index in [0.717, 1.165) is 50.9 Å². The van der Waals surface area contributed by atoms with Crippen molar-refractivity contribution >= 4 is 131 Å². The first-order valence-corrected chi connectivity index (χ1v) is 26.1. The van der Waals surface area contributed by atoms with Crippen molar-refractivity contribution in [3.63, 3.8) is 0 Å². The number of anilines is 6. The molecule has 0 atom stereocenters. The van der Waals surface area contributed by atoms with E-state index >= 15 is 0 Å². The predicted octanol–water partition coefficient (Wildman–Crippen LogP) is 20.4. The molecule has 0 radical (unpaired) electrons. The molecule has 2 heterocycles. The molecule has 0 spiro atoms. The Hall–Kier alpha value is -9.48. The molecule has 346 valence electrons. The average molecular weight is 960 g/mol. The largest absolute Gasteiger partial charge is 0.310 e. The van der Waals surface area contributed by atoms with Gasteiger partial charge in [0.25, 0.3) is 0 Å². The minimum Gasteiger partial charge on any atom is -0.310 e. The number of nitrogens with zero attached hydrogens (tertiary/aromatic N) is 3. The summed E-state index contributed by atoms with van der Waals surface area (Å²) >= 11 is 1.90. The number of aromatic nitrogens is 1. The summed E-state index contributed by atoms with van der Waals surface area (Å²) < 4.78 is 5.06. The Morgan fingerprint density at radius 2 is 0.716 bits per heavy atom. The smallest absolute Gasteiger partial charge is 0.0555 e. The minimum absolute atomic E-state index is 1.05. The van der Waals surface area contributed by atoms with Gasteiger partial charge in [-0.3, -0.25) is 0 Å². The fourth-order valence-electron chi connectivity index (χ4n) is 11.5. The molecule has 0 aliphatic carbocycles. The SMILES string of the molecule is c1ccc(-n2c3ccc(-c4cc(N(c5ccc6ccccc6c5)c5ccc6ccccc6c5)cc(N(c5ccc6ccccc6c5)c5ccc6ccccc6c5)c4)cc3c3c4sc5ccccc5c4ccc32)cc1. The molecule has 4 heteroatoms. The van der Waals surface area contributed by atoms with E-state index in [1.165, 1.54) is 85.1 Å². The third kappa shape index (κ3) is 7.03. The Morgan fingerprint density at radius 3 is 1.23 bits per heavy atom. The second-order valence-electron chi connectivity index (χ2n) is 19.4. The first-order valence-electron chi connectivity index (χ1n) is 25.3. The Bertz CT molecular complexity index is 4360. The summed E-state index contributed by atoms with van der Waals surface area (Å²) in [6.07, 6.45) is 0. The van der Waals surface area contributed by atoms with Crippen LogP contribution in [0, 0.1) is 0 Å². The molecular weight excluding hydrogens is 915 g/mol. The van der Waals surface area contributed by atoms with Gasteiger partial charge in [-0.25, -0.2) is 0 Å². The molecule has 0 saturated carbocycles. The average Bonchev–Trinajstić information content (AvgIpc) is 4.03. The van der Waals surface area contributed by atoms with Crippen molar-refractivity contribution in [1.82, 2.24) is 4.57 Å². The van der Waals surface area contributed by atoms with Crippen LogP contribution >= 0.6 is 11.3 Å². The molecule has 2 aromatic heterocycles. The van der Waals surface area contributed by atoms with Crippen molar-refractivity contribution in [3.05, 3.63) is 273 Å². The van der Waals surface area contributed by atoms with Gasteiger partial charge in [-0.2, -0.15) is 0 Å². The minimum atomic E-state index is 1.05. The van der Waals surface area contributed by atoms with Gasteiger partial charge in [0.1, 0.15) is 0 Å². The van der Waals surface area contributed by atoms with Crippen LogP contribution in [0.3, 0.4) is 0 Å². The first-order chi connectivity index (χ1) is 36.6. The van der Waals surface area contributed by atoms with Crippen LogP contribution in [0.1, 0.15) is 0 Å². The van der Waals surface area contributed by atoms with Gasteiger partial charge in [0.2, 0.25) is 0 Å². The Morgan fingerprint density at radius 1 is 0.270 bits per heavy atom. The van der Waals surface area contributed by atoms with E-state index in [0.29, 0.717) is 0 Å². The summed E-state index contributed by atoms with van der Waals surface area (Å²) in [5, 5.41) is 14.7. The number of para-hydroxylation sites is 1. The quantitative estimate of drug-likeness (QED) is 0.150.